The van der Waals surface area contributed by atoms with Gasteiger partial charge in [-0.15, -0.1) is 11.3 Å². The summed E-state index contributed by atoms with van der Waals surface area (Å²) in [5, 5.41) is 11.6. The molecule has 0 aromatic carbocycles. The summed E-state index contributed by atoms with van der Waals surface area (Å²) in [5.41, 5.74) is 0. The second-order valence-electron chi connectivity index (χ2n) is 3.79. The van der Waals surface area contributed by atoms with E-state index in [1.807, 2.05) is 26.0 Å². The second-order valence-corrected chi connectivity index (χ2v) is 6.28. The van der Waals surface area contributed by atoms with Crippen LogP contribution >= 0.6 is 27.3 Å². The van der Waals surface area contributed by atoms with Crippen LogP contribution in [-0.2, 0) is 4.79 Å². The van der Waals surface area contributed by atoms with Crippen LogP contribution in [0.2, 0.25) is 0 Å². The van der Waals surface area contributed by atoms with Crippen molar-refractivity contribution in [1.29, 1.82) is 0 Å². The van der Waals surface area contributed by atoms with Crippen LogP contribution in [0.5, 0.6) is 0 Å². The number of halogens is 1. The highest BCUT2D eigenvalue weighted by atomic mass is 79.9. The lowest BCUT2D eigenvalue weighted by Crippen LogP contribution is -2.35. The van der Waals surface area contributed by atoms with Gasteiger partial charge >= 0.3 is 0 Å². The van der Waals surface area contributed by atoms with E-state index in [2.05, 4.69) is 21.2 Å². The van der Waals surface area contributed by atoms with Crippen LogP contribution < -0.4 is 5.32 Å². The third kappa shape index (κ3) is 3.88. The van der Waals surface area contributed by atoms with E-state index in [9.17, 15) is 4.79 Å². The molecule has 1 aromatic rings. The third-order valence-electron chi connectivity index (χ3n) is 2.36. The van der Waals surface area contributed by atoms with Crippen molar-refractivity contribution in [3.05, 3.63) is 20.8 Å². The molecule has 0 radical (unpaired) electrons. The van der Waals surface area contributed by atoms with Gasteiger partial charge in [0.2, 0.25) is 5.91 Å². The normalized spacial score (nSPS) is 14.5. The average molecular weight is 306 g/mol. The number of hydrogen-bond acceptors (Lipinski definition) is 3. The molecule has 90 valence electrons. The van der Waals surface area contributed by atoms with Gasteiger partial charge in [0.1, 0.15) is 0 Å². The second kappa shape index (κ2) is 6.37. The summed E-state index contributed by atoms with van der Waals surface area (Å²) in [4.78, 5) is 12.9. The molecule has 5 heteroatoms. The maximum Gasteiger partial charge on any atom is 0.228 e. The standard InChI is InChI=1S/C11H16BrNO2S/c1-7(5-6-14)13-11(15)8(2)9-3-4-10(12)16-9/h3-4,7-8,14H,5-6H2,1-2H3,(H,13,15). The Bertz CT molecular complexity index is 354. The Balaban J connectivity index is 2.54. The van der Waals surface area contributed by atoms with Gasteiger partial charge in [0.25, 0.3) is 0 Å². The number of thiophene rings is 1. The zero-order valence-electron chi connectivity index (χ0n) is 9.37. The molecule has 0 aliphatic carbocycles. The van der Waals surface area contributed by atoms with Crippen LogP contribution in [0.15, 0.2) is 15.9 Å². The highest BCUT2D eigenvalue weighted by Gasteiger charge is 2.18. The van der Waals surface area contributed by atoms with E-state index in [0.29, 0.717) is 6.42 Å². The smallest absolute Gasteiger partial charge is 0.228 e. The van der Waals surface area contributed by atoms with Gasteiger partial charge in [-0.1, -0.05) is 0 Å². The van der Waals surface area contributed by atoms with Crippen LogP contribution in [0.3, 0.4) is 0 Å². The molecular weight excluding hydrogens is 290 g/mol. The molecule has 16 heavy (non-hydrogen) atoms. The molecule has 1 amide bonds. The minimum absolute atomic E-state index is 0.00954. The molecule has 1 rings (SSSR count). The molecular formula is C11H16BrNO2S. The van der Waals surface area contributed by atoms with E-state index >= 15 is 0 Å². The Morgan fingerprint density at radius 2 is 2.25 bits per heavy atom. The van der Waals surface area contributed by atoms with Crippen LogP contribution in [-0.4, -0.2) is 23.7 Å². The maximum atomic E-state index is 11.8. The van der Waals surface area contributed by atoms with E-state index in [1.54, 1.807) is 11.3 Å². The minimum atomic E-state index is -0.141. The summed E-state index contributed by atoms with van der Waals surface area (Å²) in [6.07, 6.45) is 0.590. The van der Waals surface area contributed by atoms with Gasteiger partial charge in [-0.2, -0.15) is 0 Å². The number of nitrogens with one attached hydrogen (secondary N) is 1. The Morgan fingerprint density at radius 3 is 2.75 bits per heavy atom. The molecule has 0 aliphatic heterocycles. The van der Waals surface area contributed by atoms with Crippen molar-refractivity contribution in [1.82, 2.24) is 5.32 Å². The largest absolute Gasteiger partial charge is 0.396 e. The zero-order chi connectivity index (χ0) is 12.1. The van der Waals surface area contributed by atoms with Crippen molar-refractivity contribution in [2.75, 3.05) is 6.61 Å². The Labute approximate surface area is 108 Å². The number of amides is 1. The predicted molar refractivity (Wildman–Crippen MR) is 69.7 cm³/mol. The first kappa shape index (κ1) is 13.7. The van der Waals surface area contributed by atoms with E-state index in [0.717, 1.165) is 8.66 Å². The molecule has 0 bridgehead atoms. The summed E-state index contributed by atoms with van der Waals surface area (Å²) >= 11 is 4.95. The summed E-state index contributed by atoms with van der Waals surface area (Å²) in [6.45, 7) is 3.88. The van der Waals surface area contributed by atoms with Gasteiger partial charge in [0.15, 0.2) is 0 Å². The number of rotatable bonds is 5. The quantitative estimate of drug-likeness (QED) is 0.878. The summed E-state index contributed by atoms with van der Waals surface area (Å²) in [7, 11) is 0. The van der Waals surface area contributed by atoms with Gasteiger partial charge < -0.3 is 10.4 Å². The molecule has 1 aromatic heterocycles. The van der Waals surface area contributed by atoms with Gasteiger partial charge in [0.05, 0.1) is 9.70 Å². The number of hydrogen-bond donors (Lipinski definition) is 2. The molecule has 2 unspecified atom stereocenters. The molecule has 0 saturated carbocycles. The van der Waals surface area contributed by atoms with E-state index in [1.165, 1.54) is 0 Å². The highest BCUT2D eigenvalue weighted by Crippen LogP contribution is 2.28. The SMILES string of the molecule is CC(CCO)NC(=O)C(C)c1ccc(Br)s1. The fourth-order valence-electron chi connectivity index (χ4n) is 1.32. The minimum Gasteiger partial charge on any atom is -0.396 e. The van der Waals surface area contributed by atoms with Gasteiger partial charge in [-0.3, -0.25) is 4.79 Å². The van der Waals surface area contributed by atoms with E-state index in [4.69, 9.17) is 5.11 Å². The lowest BCUT2D eigenvalue weighted by atomic mass is 10.1. The molecule has 2 atom stereocenters. The fraction of sp³-hybridized carbons (Fsp3) is 0.545. The number of aliphatic hydroxyl groups is 1. The molecule has 2 N–H and O–H groups in total. The first-order valence-electron chi connectivity index (χ1n) is 5.21. The molecule has 0 fully saturated rings. The number of aliphatic hydroxyl groups excluding tert-OH is 1. The van der Waals surface area contributed by atoms with Crippen molar-refractivity contribution in [2.24, 2.45) is 0 Å². The van der Waals surface area contributed by atoms with Crippen molar-refractivity contribution in [2.45, 2.75) is 32.2 Å². The lowest BCUT2D eigenvalue weighted by Gasteiger charge is -2.15. The van der Waals surface area contributed by atoms with Crippen LogP contribution in [0.4, 0.5) is 0 Å². The van der Waals surface area contributed by atoms with Gasteiger partial charge in [-0.05, 0) is 48.3 Å². The third-order valence-corrected chi connectivity index (χ3v) is 4.17. The lowest BCUT2D eigenvalue weighted by molar-refractivity contribution is -0.122. The van der Waals surface area contributed by atoms with Crippen molar-refractivity contribution >= 4 is 33.2 Å². The van der Waals surface area contributed by atoms with Crippen molar-refractivity contribution in [3.8, 4) is 0 Å². The monoisotopic (exact) mass is 305 g/mol. The summed E-state index contributed by atoms with van der Waals surface area (Å²) in [5.74, 6) is -0.132. The van der Waals surface area contributed by atoms with Crippen LogP contribution in [0.25, 0.3) is 0 Å². The first-order valence-corrected chi connectivity index (χ1v) is 6.82. The van der Waals surface area contributed by atoms with Crippen LogP contribution in [0.1, 0.15) is 31.1 Å². The number of carbonyl (C=O) groups is 1. The maximum absolute atomic E-state index is 11.8. The summed E-state index contributed by atoms with van der Waals surface area (Å²) < 4.78 is 1.03. The molecule has 0 saturated heterocycles. The van der Waals surface area contributed by atoms with E-state index < -0.39 is 0 Å². The number of carbonyl (C=O) groups excluding carboxylic acids is 1. The highest BCUT2D eigenvalue weighted by molar-refractivity contribution is 9.11. The Morgan fingerprint density at radius 1 is 1.56 bits per heavy atom. The average Bonchev–Trinajstić information content (AvgIpc) is 2.64. The molecule has 3 nitrogen and oxygen atoms in total. The van der Waals surface area contributed by atoms with Crippen molar-refractivity contribution in [3.63, 3.8) is 0 Å². The topological polar surface area (TPSA) is 49.3 Å². The Kier molecular flexibility index (Phi) is 5.44. The van der Waals surface area contributed by atoms with Crippen LogP contribution in [0, 0.1) is 0 Å². The molecule has 0 spiro atoms. The molecule has 1 heterocycles. The van der Waals surface area contributed by atoms with Crippen molar-refractivity contribution < 1.29 is 9.90 Å². The van der Waals surface area contributed by atoms with Gasteiger partial charge in [0, 0.05) is 17.5 Å². The zero-order valence-corrected chi connectivity index (χ0v) is 11.8. The van der Waals surface area contributed by atoms with Gasteiger partial charge in [-0.25, -0.2) is 0 Å². The Hall–Kier alpha value is -0.390. The predicted octanol–water partition coefficient (Wildman–Crippen LogP) is 2.50. The van der Waals surface area contributed by atoms with E-state index in [-0.39, 0.29) is 24.5 Å². The first-order chi connectivity index (χ1) is 7.54. The fourth-order valence-corrected chi connectivity index (χ4v) is 2.80. The molecule has 0 aliphatic rings. The summed E-state index contributed by atoms with van der Waals surface area (Å²) in [6, 6.07) is 3.92.